The number of halogens is 1. The molecule has 0 amide bonds. The van der Waals surface area contributed by atoms with Crippen molar-refractivity contribution in [3.63, 3.8) is 0 Å². The number of aryl methyl sites for hydroxylation is 1. The number of pyridine rings is 1. The number of aromatic nitrogens is 1. The van der Waals surface area contributed by atoms with Crippen molar-refractivity contribution in [2.24, 2.45) is 0 Å². The summed E-state index contributed by atoms with van der Waals surface area (Å²) in [6.45, 7) is 2.00. The first kappa shape index (κ1) is 13.7. The van der Waals surface area contributed by atoms with Crippen LogP contribution in [0.1, 0.15) is 22.7 Å². The standard InChI is InChI=1S/C18H17FN2/c1-12-7-8-13(19)11-16(12)18(20-2)15-9-10-21-17-6-4-3-5-14(15)17/h3-11,18,20H,1-2H3. The fraction of sp³-hybridized carbons (Fsp3) is 0.167. The summed E-state index contributed by atoms with van der Waals surface area (Å²) < 4.78 is 13.6. The van der Waals surface area contributed by atoms with Gasteiger partial charge in [-0.15, -0.1) is 0 Å². The number of nitrogens with one attached hydrogen (secondary N) is 1. The summed E-state index contributed by atoms with van der Waals surface area (Å²) in [5.41, 5.74) is 4.08. The first-order chi connectivity index (χ1) is 10.2. The van der Waals surface area contributed by atoms with E-state index < -0.39 is 0 Å². The van der Waals surface area contributed by atoms with E-state index in [-0.39, 0.29) is 11.9 Å². The van der Waals surface area contributed by atoms with Gasteiger partial charge in [-0.2, -0.15) is 0 Å². The van der Waals surface area contributed by atoms with Gasteiger partial charge in [0.2, 0.25) is 0 Å². The summed E-state index contributed by atoms with van der Waals surface area (Å²) in [7, 11) is 1.89. The summed E-state index contributed by atoms with van der Waals surface area (Å²) in [5.74, 6) is -0.214. The largest absolute Gasteiger partial charge is 0.309 e. The lowest BCUT2D eigenvalue weighted by Crippen LogP contribution is -2.19. The van der Waals surface area contributed by atoms with Crippen LogP contribution >= 0.6 is 0 Å². The lowest BCUT2D eigenvalue weighted by atomic mass is 9.93. The second-order valence-corrected chi connectivity index (χ2v) is 5.14. The van der Waals surface area contributed by atoms with Crippen LogP contribution in [0.4, 0.5) is 4.39 Å². The lowest BCUT2D eigenvalue weighted by Gasteiger charge is -2.21. The molecule has 0 bridgehead atoms. The summed E-state index contributed by atoms with van der Waals surface area (Å²) >= 11 is 0. The van der Waals surface area contributed by atoms with Gasteiger partial charge in [0.05, 0.1) is 11.6 Å². The van der Waals surface area contributed by atoms with Crippen LogP contribution in [-0.2, 0) is 0 Å². The van der Waals surface area contributed by atoms with E-state index in [0.717, 1.165) is 27.6 Å². The first-order valence-electron chi connectivity index (χ1n) is 6.97. The molecule has 0 aliphatic carbocycles. The molecular weight excluding hydrogens is 263 g/mol. The Morgan fingerprint density at radius 2 is 1.86 bits per heavy atom. The van der Waals surface area contributed by atoms with Crippen molar-refractivity contribution in [2.45, 2.75) is 13.0 Å². The second kappa shape index (κ2) is 5.62. The highest BCUT2D eigenvalue weighted by atomic mass is 19.1. The minimum Gasteiger partial charge on any atom is -0.309 e. The number of benzene rings is 2. The van der Waals surface area contributed by atoms with Gasteiger partial charge >= 0.3 is 0 Å². The Hall–Kier alpha value is -2.26. The van der Waals surface area contributed by atoms with E-state index in [0.29, 0.717) is 0 Å². The average molecular weight is 280 g/mol. The normalized spacial score (nSPS) is 12.5. The molecule has 0 fully saturated rings. The summed E-state index contributed by atoms with van der Waals surface area (Å²) in [5, 5.41) is 4.39. The van der Waals surface area contributed by atoms with E-state index in [4.69, 9.17) is 0 Å². The third kappa shape index (κ3) is 2.52. The van der Waals surface area contributed by atoms with Gasteiger partial charge in [-0.05, 0) is 54.9 Å². The van der Waals surface area contributed by atoms with Gasteiger partial charge in [0.15, 0.2) is 0 Å². The molecule has 2 aromatic carbocycles. The van der Waals surface area contributed by atoms with Crippen molar-refractivity contribution in [1.29, 1.82) is 0 Å². The monoisotopic (exact) mass is 280 g/mol. The SMILES string of the molecule is CNC(c1cc(F)ccc1C)c1ccnc2ccccc12. The van der Waals surface area contributed by atoms with Crippen molar-refractivity contribution < 1.29 is 4.39 Å². The second-order valence-electron chi connectivity index (χ2n) is 5.14. The highest BCUT2D eigenvalue weighted by molar-refractivity contribution is 5.82. The van der Waals surface area contributed by atoms with E-state index in [2.05, 4.69) is 16.4 Å². The summed E-state index contributed by atoms with van der Waals surface area (Å²) in [6, 6.07) is 14.9. The van der Waals surface area contributed by atoms with Gasteiger partial charge in [-0.25, -0.2) is 4.39 Å². The fourth-order valence-corrected chi connectivity index (χ4v) is 2.77. The lowest BCUT2D eigenvalue weighted by molar-refractivity contribution is 0.615. The molecule has 0 saturated carbocycles. The molecule has 1 aromatic heterocycles. The average Bonchev–Trinajstić information content (AvgIpc) is 2.51. The zero-order chi connectivity index (χ0) is 14.8. The van der Waals surface area contributed by atoms with Gasteiger partial charge in [-0.3, -0.25) is 4.98 Å². The number of fused-ring (bicyclic) bond motifs is 1. The van der Waals surface area contributed by atoms with E-state index in [1.807, 2.05) is 44.3 Å². The highest BCUT2D eigenvalue weighted by Gasteiger charge is 2.17. The van der Waals surface area contributed by atoms with Gasteiger partial charge < -0.3 is 5.32 Å². The smallest absolute Gasteiger partial charge is 0.123 e. The van der Waals surface area contributed by atoms with E-state index >= 15 is 0 Å². The number of hydrogen-bond donors (Lipinski definition) is 1. The van der Waals surface area contributed by atoms with Crippen molar-refractivity contribution in [1.82, 2.24) is 10.3 Å². The van der Waals surface area contributed by atoms with E-state index in [9.17, 15) is 4.39 Å². The quantitative estimate of drug-likeness (QED) is 0.784. The third-order valence-corrected chi connectivity index (χ3v) is 3.83. The number of nitrogens with zero attached hydrogens (tertiary/aromatic N) is 1. The fourth-order valence-electron chi connectivity index (χ4n) is 2.77. The molecule has 1 atom stereocenters. The Kier molecular flexibility index (Phi) is 3.67. The minimum absolute atomic E-state index is 0.0615. The van der Waals surface area contributed by atoms with Crippen molar-refractivity contribution in [3.8, 4) is 0 Å². The molecule has 1 heterocycles. The van der Waals surface area contributed by atoms with Crippen LogP contribution in [0.3, 0.4) is 0 Å². The number of hydrogen-bond acceptors (Lipinski definition) is 2. The third-order valence-electron chi connectivity index (χ3n) is 3.83. The first-order valence-corrected chi connectivity index (χ1v) is 6.97. The highest BCUT2D eigenvalue weighted by Crippen LogP contribution is 2.29. The van der Waals surface area contributed by atoms with Crippen LogP contribution in [0.5, 0.6) is 0 Å². The van der Waals surface area contributed by atoms with Crippen molar-refractivity contribution >= 4 is 10.9 Å². The zero-order valence-corrected chi connectivity index (χ0v) is 12.1. The van der Waals surface area contributed by atoms with Gasteiger partial charge in [0, 0.05) is 11.6 Å². The zero-order valence-electron chi connectivity index (χ0n) is 12.1. The van der Waals surface area contributed by atoms with E-state index in [1.54, 1.807) is 12.3 Å². The maximum atomic E-state index is 13.6. The van der Waals surface area contributed by atoms with Crippen LogP contribution < -0.4 is 5.32 Å². The Labute approximate surface area is 123 Å². The van der Waals surface area contributed by atoms with Gasteiger partial charge in [0.25, 0.3) is 0 Å². The van der Waals surface area contributed by atoms with Crippen LogP contribution in [0.25, 0.3) is 10.9 Å². The molecule has 0 aliphatic heterocycles. The molecule has 1 N–H and O–H groups in total. The number of rotatable bonds is 3. The molecule has 3 aromatic rings. The maximum Gasteiger partial charge on any atom is 0.123 e. The van der Waals surface area contributed by atoms with Crippen molar-refractivity contribution in [3.05, 3.63) is 77.2 Å². The maximum absolute atomic E-state index is 13.6. The molecule has 106 valence electrons. The Morgan fingerprint density at radius 3 is 2.67 bits per heavy atom. The molecule has 3 rings (SSSR count). The summed E-state index contributed by atoms with van der Waals surface area (Å²) in [4.78, 5) is 4.39. The summed E-state index contributed by atoms with van der Waals surface area (Å²) in [6.07, 6.45) is 1.80. The minimum atomic E-state index is -0.214. The Morgan fingerprint density at radius 1 is 1.05 bits per heavy atom. The van der Waals surface area contributed by atoms with Crippen molar-refractivity contribution in [2.75, 3.05) is 7.05 Å². The van der Waals surface area contributed by atoms with Gasteiger partial charge in [-0.1, -0.05) is 24.3 Å². The molecule has 0 aliphatic rings. The topological polar surface area (TPSA) is 24.9 Å². The molecule has 0 radical (unpaired) electrons. The molecule has 21 heavy (non-hydrogen) atoms. The van der Waals surface area contributed by atoms with E-state index in [1.165, 1.54) is 6.07 Å². The molecule has 1 unspecified atom stereocenters. The van der Waals surface area contributed by atoms with Crippen LogP contribution in [0.15, 0.2) is 54.7 Å². The number of para-hydroxylation sites is 1. The Bertz CT molecular complexity index is 778. The molecular formula is C18H17FN2. The molecule has 3 heteroatoms. The Balaban J connectivity index is 2.21. The van der Waals surface area contributed by atoms with Crippen LogP contribution in [0, 0.1) is 12.7 Å². The van der Waals surface area contributed by atoms with Crippen LogP contribution in [-0.4, -0.2) is 12.0 Å². The predicted molar refractivity (Wildman–Crippen MR) is 83.8 cm³/mol. The van der Waals surface area contributed by atoms with Crippen LogP contribution in [0.2, 0.25) is 0 Å². The molecule has 2 nitrogen and oxygen atoms in total. The van der Waals surface area contributed by atoms with Gasteiger partial charge in [0.1, 0.15) is 5.82 Å². The predicted octanol–water partition coefficient (Wildman–Crippen LogP) is 3.99. The molecule has 0 saturated heterocycles. The molecule has 0 spiro atoms.